The Morgan fingerprint density at radius 1 is 1.24 bits per heavy atom. The second-order valence-electron chi connectivity index (χ2n) is 5.08. The summed E-state index contributed by atoms with van der Waals surface area (Å²) in [5.41, 5.74) is 2.25. The number of ether oxygens (including phenoxy) is 2. The van der Waals surface area contributed by atoms with Crippen LogP contribution in [0.3, 0.4) is 0 Å². The maximum absolute atomic E-state index is 6.42. The predicted octanol–water partition coefficient (Wildman–Crippen LogP) is 4.18. The first-order valence-electron chi connectivity index (χ1n) is 7.01. The van der Waals surface area contributed by atoms with Crippen molar-refractivity contribution < 1.29 is 9.47 Å². The van der Waals surface area contributed by atoms with Gasteiger partial charge in [-0.3, -0.25) is 0 Å². The molecule has 0 radical (unpaired) electrons. The molecule has 2 heterocycles. The molecule has 3 rings (SSSR count). The largest absolute Gasteiger partial charge is 0.490 e. The third-order valence-electron chi connectivity index (χ3n) is 3.58. The molecule has 0 saturated carbocycles. The molecule has 112 valence electrons. The van der Waals surface area contributed by atoms with Gasteiger partial charge in [0.05, 0.1) is 24.3 Å². The Morgan fingerprint density at radius 3 is 2.67 bits per heavy atom. The molecule has 1 atom stereocenters. The first kappa shape index (κ1) is 14.7. The molecular formula is C16H18ClNO2S. The lowest BCUT2D eigenvalue weighted by Crippen LogP contribution is -2.17. The molecule has 0 amide bonds. The fourth-order valence-corrected chi connectivity index (χ4v) is 3.89. The zero-order valence-electron chi connectivity index (χ0n) is 12.1. The van der Waals surface area contributed by atoms with Gasteiger partial charge in [0.25, 0.3) is 0 Å². The number of thiophene rings is 1. The predicted molar refractivity (Wildman–Crippen MR) is 87.0 cm³/mol. The van der Waals surface area contributed by atoms with E-state index in [1.807, 2.05) is 26.1 Å². The summed E-state index contributed by atoms with van der Waals surface area (Å²) in [6, 6.07) is 6.16. The molecule has 3 nitrogen and oxygen atoms in total. The molecule has 2 aromatic rings. The lowest BCUT2D eigenvalue weighted by Gasteiger charge is -2.18. The Kier molecular flexibility index (Phi) is 4.38. The van der Waals surface area contributed by atoms with Crippen molar-refractivity contribution in [1.29, 1.82) is 0 Å². The molecule has 0 aliphatic carbocycles. The van der Waals surface area contributed by atoms with Crippen molar-refractivity contribution >= 4 is 22.9 Å². The van der Waals surface area contributed by atoms with E-state index in [0.717, 1.165) is 38.9 Å². The minimum absolute atomic E-state index is 0.0633. The van der Waals surface area contributed by atoms with Crippen molar-refractivity contribution in [1.82, 2.24) is 5.32 Å². The topological polar surface area (TPSA) is 30.5 Å². The number of aryl methyl sites for hydroxylation is 1. The van der Waals surface area contributed by atoms with Crippen LogP contribution in [0.1, 0.15) is 28.5 Å². The van der Waals surface area contributed by atoms with Crippen LogP contribution in [-0.4, -0.2) is 20.3 Å². The van der Waals surface area contributed by atoms with Gasteiger partial charge in [0, 0.05) is 11.3 Å². The van der Waals surface area contributed by atoms with Gasteiger partial charge in [-0.25, -0.2) is 0 Å². The van der Waals surface area contributed by atoms with Gasteiger partial charge in [0.1, 0.15) is 0 Å². The van der Waals surface area contributed by atoms with Crippen molar-refractivity contribution in [2.45, 2.75) is 19.4 Å². The third-order valence-corrected chi connectivity index (χ3v) is 5.36. The molecule has 1 aliphatic heterocycles. The summed E-state index contributed by atoms with van der Waals surface area (Å²) in [5, 5.41) is 6.27. The molecule has 5 heteroatoms. The van der Waals surface area contributed by atoms with Gasteiger partial charge in [-0.1, -0.05) is 17.7 Å². The average molecular weight is 324 g/mol. The standard InChI is InChI=1S/C16H18ClNO2S/c1-10-9-21-16(14(10)17)15(18-2)11-4-5-12-13(8-11)20-7-3-6-19-12/h4-5,8-9,15,18H,3,6-7H2,1-2H3. The molecule has 0 bridgehead atoms. The van der Waals surface area contributed by atoms with Crippen molar-refractivity contribution in [2.75, 3.05) is 20.3 Å². The van der Waals surface area contributed by atoms with Gasteiger partial charge in [0.15, 0.2) is 11.5 Å². The molecule has 1 aliphatic rings. The minimum Gasteiger partial charge on any atom is -0.490 e. The summed E-state index contributed by atoms with van der Waals surface area (Å²) in [6.45, 7) is 3.43. The van der Waals surface area contributed by atoms with E-state index in [0.29, 0.717) is 13.2 Å². The van der Waals surface area contributed by atoms with E-state index >= 15 is 0 Å². The molecule has 1 aromatic carbocycles. The average Bonchev–Trinajstić information content (AvgIpc) is 2.71. The Balaban J connectivity index is 1.98. The monoisotopic (exact) mass is 323 g/mol. The van der Waals surface area contributed by atoms with E-state index in [1.165, 1.54) is 0 Å². The molecular weight excluding hydrogens is 306 g/mol. The first-order chi connectivity index (χ1) is 10.2. The van der Waals surface area contributed by atoms with E-state index in [9.17, 15) is 0 Å². The minimum atomic E-state index is 0.0633. The van der Waals surface area contributed by atoms with E-state index < -0.39 is 0 Å². The summed E-state index contributed by atoms with van der Waals surface area (Å²) in [4.78, 5) is 1.13. The first-order valence-corrected chi connectivity index (χ1v) is 8.26. The van der Waals surface area contributed by atoms with Gasteiger partial charge in [0.2, 0.25) is 0 Å². The number of hydrogen-bond acceptors (Lipinski definition) is 4. The highest BCUT2D eigenvalue weighted by molar-refractivity contribution is 7.10. The molecule has 1 N–H and O–H groups in total. The van der Waals surface area contributed by atoms with Crippen LogP contribution in [0, 0.1) is 6.92 Å². The highest BCUT2D eigenvalue weighted by Gasteiger charge is 2.20. The maximum atomic E-state index is 6.42. The number of rotatable bonds is 3. The van der Waals surface area contributed by atoms with Gasteiger partial charge >= 0.3 is 0 Å². The number of benzene rings is 1. The van der Waals surface area contributed by atoms with Crippen LogP contribution in [0.25, 0.3) is 0 Å². The van der Waals surface area contributed by atoms with E-state index in [2.05, 4.69) is 16.8 Å². The van der Waals surface area contributed by atoms with Crippen LogP contribution in [-0.2, 0) is 0 Å². The second-order valence-corrected chi connectivity index (χ2v) is 6.36. The molecule has 1 aromatic heterocycles. The Morgan fingerprint density at radius 2 is 2.00 bits per heavy atom. The molecule has 0 spiro atoms. The maximum Gasteiger partial charge on any atom is 0.161 e. The Labute approximate surface area is 133 Å². The molecule has 0 saturated heterocycles. The van der Waals surface area contributed by atoms with Crippen molar-refractivity contribution in [3.63, 3.8) is 0 Å². The fourth-order valence-electron chi connectivity index (χ4n) is 2.45. The third kappa shape index (κ3) is 2.89. The smallest absolute Gasteiger partial charge is 0.161 e. The summed E-state index contributed by atoms with van der Waals surface area (Å²) < 4.78 is 11.5. The molecule has 1 unspecified atom stereocenters. The zero-order chi connectivity index (χ0) is 14.8. The van der Waals surface area contributed by atoms with Crippen LogP contribution >= 0.6 is 22.9 Å². The van der Waals surface area contributed by atoms with Crippen LogP contribution in [0.4, 0.5) is 0 Å². The Hall–Kier alpha value is -1.23. The summed E-state index contributed by atoms with van der Waals surface area (Å²) >= 11 is 8.09. The highest BCUT2D eigenvalue weighted by atomic mass is 35.5. The lowest BCUT2D eigenvalue weighted by molar-refractivity contribution is 0.297. The lowest BCUT2D eigenvalue weighted by atomic mass is 10.0. The van der Waals surface area contributed by atoms with Crippen molar-refractivity contribution in [3.8, 4) is 11.5 Å². The van der Waals surface area contributed by atoms with Crippen LogP contribution < -0.4 is 14.8 Å². The van der Waals surface area contributed by atoms with E-state index in [-0.39, 0.29) is 6.04 Å². The van der Waals surface area contributed by atoms with Gasteiger partial charge < -0.3 is 14.8 Å². The van der Waals surface area contributed by atoms with Crippen LogP contribution in [0.2, 0.25) is 5.02 Å². The van der Waals surface area contributed by atoms with E-state index in [4.69, 9.17) is 21.1 Å². The number of hydrogen-bond donors (Lipinski definition) is 1. The SMILES string of the molecule is CNC(c1ccc2c(c1)OCCCO2)c1scc(C)c1Cl. The Bertz CT molecular complexity index is 641. The van der Waals surface area contributed by atoms with Crippen LogP contribution in [0.15, 0.2) is 23.6 Å². The van der Waals surface area contributed by atoms with Crippen molar-refractivity contribution in [2.24, 2.45) is 0 Å². The van der Waals surface area contributed by atoms with E-state index in [1.54, 1.807) is 11.3 Å². The normalized spacial score (nSPS) is 15.6. The van der Waals surface area contributed by atoms with Gasteiger partial charge in [-0.2, -0.15) is 0 Å². The highest BCUT2D eigenvalue weighted by Crippen LogP contribution is 2.38. The van der Waals surface area contributed by atoms with Gasteiger partial charge in [-0.15, -0.1) is 11.3 Å². The molecule has 21 heavy (non-hydrogen) atoms. The molecule has 0 fully saturated rings. The number of halogens is 1. The van der Waals surface area contributed by atoms with Crippen LogP contribution in [0.5, 0.6) is 11.5 Å². The number of fused-ring (bicyclic) bond motifs is 1. The number of nitrogens with one attached hydrogen (secondary N) is 1. The van der Waals surface area contributed by atoms with Gasteiger partial charge in [-0.05, 0) is 42.6 Å². The fraction of sp³-hybridized carbons (Fsp3) is 0.375. The summed E-state index contributed by atoms with van der Waals surface area (Å²) in [5.74, 6) is 1.63. The summed E-state index contributed by atoms with van der Waals surface area (Å²) in [7, 11) is 1.94. The zero-order valence-corrected chi connectivity index (χ0v) is 13.7. The summed E-state index contributed by atoms with van der Waals surface area (Å²) in [6.07, 6.45) is 0.912. The van der Waals surface area contributed by atoms with Crippen molar-refractivity contribution in [3.05, 3.63) is 44.6 Å². The second kappa shape index (κ2) is 6.26. The quantitative estimate of drug-likeness (QED) is 0.919.